The van der Waals surface area contributed by atoms with Gasteiger partial charge in [-0.25, -0.2) is 4.98 Å². The van der Waals surface area contributed by atoms with Crippen LogP contribution in [0.3, 0.4) is 0 Å². The van der Waals surface area contributed by atoms with Gasteiger partial charge in [0.2, 0.25) is 5.91 Å². The van der Waals surface area contributed by atoms with Gasteiger partial charge in [-0.1, -0.05) is 13.8 Å². The van der Waals surface area contributed by atoms with E-state index >= 15 is 0 Å². The molecule has 0 saturated heterocycles. The second-order valence-corrected chi connectivity index (χ2v) is 4.54. The van der Waals surface area contributed by atoms with Gasteiger partial charge in [0.05, 0.1) is 11.9 Å². The van der Waals surface area contributed by atoms with E-state index in [0.29, 0.717) is 12.3 Å². The summed E-state index contributed by atoms with van der Waals surface area (Å²) in [5.74, 6) is 1.49. The molecule has 1 aromatic heterocycles. The molecule has 0 aliphatic rings. The molecule has 1 heterocycles. The third-order valence-corrected chi connectivity index (χ3v) is 2.70. The Morgan fingerprint density at radius 1 is 1.47 bits per heavy atom. The van der Waals surface area contributed by atoms with Crippen LogP contribution in [0, 0.1) is 5.92 Å². The van der Waals surface area contributed by atoms with Crippen molar-refractivity contribution in [1.29, 1.82) is 0 Å². The standard InChI is InChI=1S/C13H21N3O/c1-10(2)5-8-13(17)16(4)11-6-7-12(14-3)15-9-11/h6-7,9-10H,5,8H2,1-4H3,(H,14,15). The molecule has 0 spiro atoms. The monoisotopic (exact) mass is 235 g/mol. The van der Waals surface area contributed by atoms with Crippen molar-refractivity contribution in [2.75, 3.05) is 24.3 Å². The minimum Gasteiger partial charge on any atom is -0.373 e. The number of nitrogens with zero attached hydrogens (tertiary/aromatic N) is 2. The number of hydrogen-bond donors (Lipinski definition) is 1. The fraction of sp³-hybridized carbons (Fsp3) is 0.538. The Morgan fingerprint density at radius 2 is 2.18 bits per heavy atom. The summed E-state index contributed by atoms with van der Waals surface area (Å²) in [6, 6.07) is 3.76. The molecule has 0 radical (unpaired) electrons. The Balaban J connectivity index is 2.61. The number of hydrogen-bond acceptors (Lipinski definition) is 3. The average molecular weight is 235 g/mol. The van der Waals surface area contributed by atoms with Gasteiger partial charge in [-0.2, -0.15) is 0 Å². The highest BCUT2D eigenvalue weighted by molar-refractivity contribution is 5.92. The van der Waals surface area contributed by atoms with Crippen LogP contribution in [0.2, 0.25) is 0 Å². The van der Waals surface area contributed by atoms with Crippen molar-refractivity contribution in [3.63, 3.8) is 0 Å². The molecule has 0 fully saturated rings. The van der Waals surface area contributed by atoms with Gasteiger partial charge in [0.15, 0.2) is 0 Å². The van der Waals surface area contributed by atoms with Crippen LogP contribution >= 0.6 is 0 Å². The highest BCUT2D eigenvalue weighted by atomic mass is 16.2. The van der Waals surface area contributed by atoms with E-state index in [9.17, 15) is 4.79 Å². The molecule has 0 bridgehead atoms. The summed E-state index contributed by atoms with van der Waals surface area (Å²) < 4.78 is 0. The molecule has 0 saturated carbocycles. The number of pyridine rings is 1. The fourth-order valence-electron chi connectivity index (χ4n) is 1.46. The van der Waals surface area contributed by atoms with Crippen molar-refractivity contribution in [1.82, 2.24) is 4.98 Å². The zero-order valence-electron chi connectivity index (χ0n) is 11.0. The van der Waals surface area contributed by atoms with Crippen molar-refractivity contribution < 1.29 is 4.79 Å². The van der Waals surface area contributed by atoms with E-state index in [0.717, 1.165) is 17.9 Å². The van der Waals surface area contributed by atoms with Crippen LogP contribution in [0.5, 0.6) is 0 Å². The smallest absolute Gasteiger partial charge is 0.226 e. The first-order valence-electron chi connectivity index (χ1n) is 5.95. The Morgan fingerprint density at radius 3 is 2.65 bits per heavy atom. The molecule has 0 aromatic carbocycles. The van der Waals surface area contributed by atoms with Gasteiger partial charge in [-0.15, -0.1) is 0 Å². The molecule has 94 valence electrons. The normalized spacial score (nSPS) is 10.4. The van der Waals surface area contributed by atoms with Gasteiger partial charge in [0, 0.05) is 20.5 Å². The third-order valence-electron chi connectivity index (χ3n) is 2.70. The number of aromatic nitrogens is 1. The first-order valence-corrected chi connectivity index (χ1v) is 5.95. The topological polar surface area (TPSA) is 45.2 Å². The quantitative estimate of drug-likeness (QED) is 0.853. The van der Waals surface area contributed by atoms with Gasteiger partial charge in [0.25, 0.3) is 0 Å². The van der Waals surface area contributed by atoms with E-state index in [1.807, 2.05) is 19.2 Å². The van der Waals surface area contributed by atoms with Crippen molar-refractivity contribution >= 4 is 17.4 Å². The number of anilines is 2. The van der Waals surface area contributed by atoms with Crippen LogP contribution < -0.4 is 10.2 Å². The first kappa shape index (κ1) is 13.5. The van der Waals surface area contributed by atoms with E-state index in [-0.39, 0.29) is 5.91 Å². The Hall–Kier alpha value is -1.58. The maximum Gasteiger partial charge on any atom is 0.226 e. The summed E-state index contributed by atoms with van der Waals surface area (Å²) >= 11 is 0. The number of nitrogens with one attached hydrogen (secondary N) is 1. The molecule has 0 aliphatic heterocycles. The lowest BCUT2D eigenvalue weighted by Crippen LogP contribution is -2.26. The molecule has 1 aromatic rings. The van der Waals surface area contributed by atoms with E-state index in [1.165, 1.54) is 0 Å². The molecular weight excluding hydrogens is 214 g/mol. The summed E-state index contributed by atoms with van der Waals surface area (Å²) in [6.45, 7) is 4.24. The molecule has 4 heteroatoms. The van der Waals surface area contributed by atoms with Crippen LogP contribution in [0.15, 0.2) is 18.3 Å². The third kappa shape index (κ3) is 4.06. The SMILES string of the molecule is CNc1ccc(N(C)C(=O)CCC(C)C)cn1. The van der Waals surface area contributed by atoms with Crippen LogP contribution in [0.25, 0.3) is 0 Å². The second kappa shape index (κ2) is 6.23. The average Bonchev–Trinajstić information content (AvgIpc) is 2.35. The van der Waals surface area contributed by atoms with Crippen LogP contribution in [0.4, 0.5) is 11.5 Å². The maximum atomic E-state index is 11.9. The lowest BCUT2D eigenvalue weighted by molar-refractivity contribution is -0.118. The first-order chi connectivity index (χ1) is 8.04. The van der Waals surface area contributed by atoms with Gasteiger partial charge < -0.3 is 10.2 Å². The Bertz CT molecular complexity index is 359. The van der Waals surface area contributed by atoms with Gasteiger partial charge >= 0.3 is 0 Å². The highest BCUT2D eigenvalue weighted by Crippen LogP contribution is 2.15. The summed E-state index contributed by atoms with van der Waals surface area (Å²) in [4.78, 5) is 17.7. The van der Waals surface area contributed by atoms with Gasteiger partial charge in [-0.3, -0.25) is 4.79 Å². The summed E-state index contributed by atoms with van der Waals surface area (Å²) in [5, 5.41) is 2.95. The number of rotatable bonds is 5. The van der Waals surface area contributed by atoms with E-state index < -0.39 is 0 Å². The van der Waals surface area contributed by atoms with Crippen LogP contribution in [0.1, 0.15) is 26.7 Å². The second-order valence-electron chi connectivity index (χ2n) is 4.54. The van der Waals surface area contributed by atoms with Crippen molar-refractivity contribution in [3.05, 3.63) is 18.3 Å². The summed E-state index contributed by atoms with van der Waals surface area (Å²) in [6.07, 6.45) is 3.21. The lowest BCUT2D eigenvalue weighted by atomic mass is 10.1. The highest BCUT2D eigenvalue weighted by Gasteiger charge is 2.11. The minimum absolute atomic E-state index is 0.137. The van der Waals surface area contributed by atoms with Crippen molar-refractivity contribution in [3.8, 4) is 0 Å². The maximum absolute atomic E-state index is 11.9. The molecule has 17 heavy (non-hydrogen) atoms. The molecule has 1 N–H and O–H groups in total. The number of carbonyl (C=O) groups excluding carboxylic acids is 1. The molecule has 1 rings (SSSR count). The fourth-order valence-corrected chi connectivity index (χ4v) is 1.46. The van der Waals surface area contributed by atoms with Gasteiger partial charge in [-0.05, 0) is 24.5 Å². The molecule has 4 nitrogen and oxygen atoms in total. The van der Waals surface area contributed by atoms with E-state index in [2.05, 4.69) is 24.1 Å². The van der Waals surface area contributed by atoms with Crippen molar-refractivity contribution in [2.45, 2.75) is 26.7 Å². The molecule has 0 atom stereocenters. The Kier molecular flexibility index (Phi) is 4.94. The largest absolute Gasteiger partial charge is 0.373 e. The van der Waals surface area contributed by atoms with E-state index in [1.54, 1.807) is 18.1 Å². The minimum atomic E-state index is 0.137. The number of carbonyl (C=O) groups is 1. The summed E-state index contributed by atoms with van der Waals surface area (Å²) in [7, 11) is 3.61. The van der Waals surface area contributed by atoms with Crippen molar-refractivity contribution in [2.24, 2.45) is 5.92 Å². The molecule has 0 aliphatic carbocycles. The Labute approximate surface area is 103 Å². The van der Waals surface area contributed by atoms with Crippen LogP contribution in [-0.2, 0) is 4.79 Å². The lowest BCUT2D eigenvalue weighted by Gasteiger charge is -2.17. The molecular formula is C13H21N3O. The predicted molar refractivity (Wildman–Crippen MR) is 71.3 cm³/mol. The molecule has 0 unspecified atom stereocenters. The van der Waals surface area contributed by atoms with Crippen LogP contribution in [-0.4, -0.2) is 25.0 Å². The zero-order valence-corrected chi connectivity index (χ0v) is 11.0. The van der Waals surface area contributed by atoms with Gasteiger partial charge in [0.1, 0.15) is 5.82 Å². The number of amides is 1. The summed E-state index contributed by atoms with van der Waals surface area (Å²) in [5.41, 5.74) is 0.831. The predicted octanol–water partition coefficient (Wildman–Crippen LogP) is 2.52. The van der Waals surface area contributed by atoms with E-state index in [4.69, 9.17) is 0 Å². The zero-order chi connectivity index (χ0) is 12.8. The molecule has 1 amide bonds.